The van der Waals surface area contributed by atoms with E-state index in [2.05, 4.69) is 0 Å². The zero-order valence-corrected chi connectivity index (χ0v) is 13.1. The number of hydrogen-bond donors (Lipinski definition) is 1. The Morgan fingerprint density at radius 2 is 1.86 bits per heavy atom. The second kappa shape index (κ2) is 5.97. The zero-order valence-electron chi connectivity index (χ0n) is 12.4. The number of ether oxygens (including phenoxy) is 1. The first-order valence-corrected chi connectivity index (χ1v) is 7.23. The van der Waals surface area contributed by atoms with Crippen LogP contribution in [0, 0.1) is 0 Å². The van der Waals surface area contributed by atoms with Crippen LogP contribution in [0.15, 0.2) is 48.6 Å². The molecule has 1 unspecified atom stereocenters. The van der Waals surface area contributed by atoms with Gasteiger partial charge in [0.1, 0.15) is 10.6 Å². The number of halogens is 1. The lowest BCUT2D eigenvalue weighted by Crippen LogP contribution is -2.37. The van der Waals surface area contributed by atoms with Crippen molar-refractivity contribution >= 4 is 23.4 Å². The molecule has 5 heteroatoms. The van der Waals surface area contributed by atoms with Gasteiger partial charge < -0.3 is 9.84 Å². The molecule has 0 aliphatic heterocycles. The van der Waals surface area contributed by atoms with Gasteiger partial charge in [-0.25, -0.2) is 4.79 Å². The summed E-state index contributed by atoms with van der Waals surface area (Å²) in [6.07, 6.45) is 7.56. The Kier molecular flexibility index (Phi) is 4.42. The van der Waals surface area contributed by atoms with E-state index in [0.29, 0.717) is 17.7 Å². The molecule has 1 aliphatic rings. The molecule has 0 radical (unpaired) electrons. The molecule has 4 nitrogen and oxygen atoms in total. The van der Waals surface area contributed by atoms with Crippen LogP contribution >= 0.6 is 11.6 Å². The normalized spacial score (nSPS) is 20.7. The number of carbonyl (C=O) groups excluding carboxylic acids is 1. The van der Waals surface area contributed by atoms with Crippen LogP contribution in [-0.4, -0.2) is 27.3 Å². The molecule has 1 aliphatic carbocycles. The molecule has 1 N–H and O–H groups in total. The fourth-order valence-electron chi connectivity index (χ4n) is 2.02. The standard InChI is InChI=1S/C17H17ClO4/c1-16(2,15(20)21)22-13-8-6-12(7-9-13)14(19)17(18)10-4-3-5-11-17/h3-10H,11H2,1-2H3,(H,20,21). The van der Waals surface area contributed by atoms with E-state index in [0.717, 1.165) is 0 Å². The van der Waals surface area contributed by atoms with Crippen molar-refractivity contribution in [2.75, 3.05) is 0 Å². The van der Waals surface area contributed by atoms with Gasteiger partial charge in [0.25, 0.3) is 0 Å². The van der Waals surface area contributed by atoms with E-state index in [-0.39, 0.29) is 5.78 Å². The van der Waals surface area contributed by atoms with E-state index in [1.807, 2.05) is 12.2 Å². The number of aliphatic carboxylic acids is 1. The summed E-state index contributed by atoms with van der Waals surface area (Å²) in [6, 6.07) is 6.32. The third kappa shape index (κ3) is 3.39. The van der Waals surface area contributed by atoms with E-state index in [1.165, 1.54) is 13.8 Å². The molecule has 2 rings (SSSR count). The number of Topliss-reactive ketones (excluding diaryl/α,β-unsaturated/α-hetero) is 1. The maximum atomic E-state index is 12.5. The van der Waals surface area contributed by atoms with Gasteiger partial charge in [-0.1, -0.05) is 24.3 Å². The number of carbonyl (C=O) groups is 2. The second-order valence-corrected chi connectivity index (χ2v) is 6.30. The van der Waals surface area contributed by atoms with E-state index in [1.54, 1.807) is 36.4 Å². The lowest BCUT2D eigenvalue weighted by atomic mass is 9.91. The third-order valence-corrected chi connectivity index (χ3v) is 3.86. The molecule has 0 aromatic heterocycles. The molecule has 0 saturated carbocycles. The zero-order chi connectivity index (χ0) is 16.4. The quantitative estimate of drug-likeness (QED) is 0.665. The Labute approximate surface area is 134 Å². The predicted molar refractivity (Wildman–Crippen MR) is 84.6 cm³/mol. The van der Waals surface area contributed by atoms with Gasteiger partial charge in [0.15, 0.2) is 11.4 Å². The molecule has 0 fully saturated rings. The summed E-state index contributed by atoms with van der Waals surface area (Å²) in [6.45, 7) is 2.92. The van der Waals surface area contributed by atoms with Crippen molar-refractivity contribution in [2.24, 2.45) is 0 Å². The molecule has 22 heavy (non-hydrogen) atoms. The van der Waals surface area contributed by atoms with Gasteiger partial charge in [-0.2, -0.15) is 0 Å². The van der Waals surface area contributed by atoms with Crippen LogP contribution in [0.25, 0.3) is 0 Å². The average molecular weight is 321 g/mol. The SMILES string of the molecule is CC(C)(Oc1ccc(C(=O)C2(Cl)C=CC=CC2)cc1)C(=O)O. The van der Waals surface area contributed by atoms with Crippen LogP contribution in [-0.2, 0) is 4.79 Å². The minimum Gasteiger partial charge on any atom is -0.478 e. The maximum Gasteiger partial charge on any atom is 0.347 e. The van der Waals surface area contributed by atoms with Gasteiger partial charge in [0.2, 0.25) is 0 Å². The fraction of sp³-hybridized carbons (Fsp3) is 0.294. The number of rotatable bonds is 5. The van der Waals surface area contributed by atoms with Crippen molar-refractivity contribution in [3.05, 3.63) is 54.1 Å². The highest BCUT2D eigenvalue weighted by molar-refractivity contribution is 6.39. The van der Waals surface area contributed by atoms with E-state index in [4.69, 9.17) is 21.4 Å². The van der Waals surface area contributed by atoms with E-state index >= 15 is 0 Å². The topological polar surface area (TPSA) is 63.6 Å². The first-order chi connectivity index (χ1) is 10.2. The second-order valence-electron chi connectivity index (χ2n) is 5.62. The van der Waals surface area contributed by atoms with Crippen molar-refractivity contribution in [3.8, 4) is 5.75 Å². The van der Waals surface area contributed by atoms with Crippen LogP contribution in [0.5, 0.6) is 5.75 Å². The number of alkyl halides is 1. The number of carboxylic acid groups (broad SMARTS) is 1. The molecular formula is C17H17ClO4. The van der Waals surface area contributed by atoms with Crippen LogP contribution < -0.4 is 4.74 Å². The minimum absolute atomic E-state index is 0.196. The smallest absolute Gasteiger partial charge is 0.347 e. The first-order valence-electron chi connectivity index (χ1n) is 6.85. The molecule has 0 amide bonds. The Bertz CT molecular complexity index is 643. The summed E-state index contributed by atoms with van der Waals surface area (Å²) in [5.74, 6) is -0.878. The molecule has 116 valence electrons. The van der Waals surface area contributed by atoms with Gasteiger partial charge in [0, 0.05) is 5.56 Å². The maximum absolute atomic E-state index is 12.5. The summed E-state index contributed by atoms with van der Waals surface area (Å²) < 4.78 is 5.40. The fourth-order valence-corrected chi connectivity index (χ4v) is 2.29. The van der Waals surface area contributed by atoms with Crippen molar-refractivity contribution in [1.29, 1.82) is 0 Å². The molecule has 0 heterocycles. The first kappa shape index (κ1) is 16.3. The van der Waals surface area contributed by atoms with Gasteiger partial charge in [-0.15, -0.1) is 11.6 Å². The molecule has 0 spiro atoms. The summed E-state index contributed by atoms with van der Waals surface area (Å²) in [5.41, 5.74) is -0.883. The average Bonchev–Trinajstić information content (AvgIpc) is 2.47. The Balaban J connectivity index is 2.15. The number of benzene rings is 1. The molecule has 1 atom stereocenters. The molecule has 0 bridgehead atoms. The van der Waals surface area contributed by atoms with Crippen LogP contribution in [0.2, 0.25) is 0 Å². The molecule has 1 aromatic carbocycles. The van der Waals surface area contributed by atoms with E-state index in [9.17, 15) is 9.59 Å². The number of allylic oxidation sites excluding steroid dienone is 4. The Morgan fingerprint density at radius 1 is 1.23 bits per heavy atom. The van der Waals surface area contributed by atoms with Gasteiger partial charge in [-0.3, -0.25) is 4.79 Å². The predicted octanol–water partition coefficient (Wildman–Crippen LogP) is 3.61. The van der Waals surface area contributed by atoms with Gasteiger partial charge >= 0.3 is 5.97 Å². The Hall–Kier alpha value is -2.07. The van der Waals surface area contributed by atoms with Gasteiger partial charge in [-0.05, 0) is 44.5 Å². The van der Waals surface area contributed by atoms with Crippen LogP contribution in [0.3, 0.4) is 0 Å². The number of hydrogen-bond acceptors (Lipinski definition) is 3. The van der Waals surface area contributed by atoms with Crippen molar-refractivity contribution in [2.45, 2.75) is 30.7 Å². The van der Waals surface area contributed by atoms with E-state index < -0.39 is 16.4 Å². The largest absolute Gasteiger partial charge is 0.478 e. The summed E-state index contributed by atoms with van der Waals surface area (Å²) in [4.78, 5) is 22.5. The molecule has 0 saturated heterocycles. The van der Waals surface area contributed by atoms with Crippen LogP contribution in [0.4, 0.5) is 0 Å². The highest BCUT2D eigenvalue weighted by atomic mass is 35.5. The minimum atomic E-state index is -1.34. The lowest BCUT2D eigenvalue weighted by Gasteiger charge is -2.23. The lowest BCUT2D eigenvalue weighted by molar-refractivity contribution is -0.152. The Morgan fingerprint density at radius 3 is 2.36 bits per heavy atom. The highest BCUT2D eigenvalue weighted by Gasteiger charge is 2.34. The highest BCUT2D eigenvalue weighted by Crippen LogP contribution is 2.30. The van der Waals surface area contributed by atoms with Crippen molar-refractivity contribution in [3.63, 3.8) is 0 Å². The molecule has 1 aromatic rings. The summed E-state index contributed by atoms with van der Waals surface area (Å²) in [5, 5.41) is 9.04. The van der Waals surface area contributed by atoms with Crippen molar-refractivity contribution in [1.82, 2.24) is 0 Å². The van der Waals surface area contributed by atoms with Crippen molar-refractivity contribution < 1.29 is 19.4 Å². The third-order valence-electron chi connectivity index (χ3n) is 3.40. The molecular weight excluding hydrogens is 304 g/mol. The summed E-state index contributed by atoms with van der Waals surface area (Å²) >= 11 is 6.35. The van der Waals surface area contributed by atoms with Crippen LogP contribution in [0.1, 0.15) is 30.6 Å². The van der Waals surface area contributed by atoms with Gasteiger partial charge in [0.05, 0.1) is 0 Å². The number of ketones is 1. The number of carboxylic acids is 1. The monoisotopic (exact) mass is 320 g/mol. The summed E-state index contributed by atoms with van der Waals surface area (Å²) in [7, 11) is 0.